The highest BCUT2D eigenvalue weighted by Gasteiger charge is 2.33. The number of anilines is 1. The minimum Gasteiger partial charge on any atom is -0.466 e. The zero-order valence-corrected chi connectivity index (χ0v) is 13.0. The van der Waals surface area contributed by atoms with Crippen LogP contribution in [0.4, 0.5) is 10.1 Å². The molecule has 7 heteroatoms. The fourth-order valence-electron chi connectivity index (χ4n) is 2.73. The van der Waals surface area contributed by atoms with E-state index in [-0.39, 0.29) is 18.9 Å². The molecule has 24 heavy (non-hydrogen) atoms. The van der Waals surface area contributed by atoms with Crippen molar-refractivity contribution in [2.24, 2.45) is 0 Å². The van der Waals surface area contributed by atoms with Crippen molar-refractivity contribution >= 4 is 17.5 Å². The maximum atomic E-state index is 13.3. The quantitative estimate of drug-likeness (QED) is 0.797. The van der Waals surface area contributed by atoms with Crippen molar-refractivity contribution in [3.05, 3.63) is 53.7 Å². The number of halogens is 1. The number of hydrogen-bond donors (Lipinski definition) is 3. The Hall–Kier alpha value is -2.67. The van der Waals surface area contributed by atoms with Gasteiger partial charge in [0.2, 0.25) is 11.8 Å². The Bertz CT molecular complexity index is 771. The fourth-order valence-corrected chi connectivity index (χ4v) is 2.73. The van der Waals surface area contributed by atoms with E-state index in [1.165, 1.54) is 31.4 Å². The molecule has 3 rings (SSSR count). The van der Waals surface area contributed by atoms with Gasteiger partial charge in [0.1, 0.15) is 17.2 Å². The standard InChI is InChI=1S/C17H17FN2O4/c1-17(23,14-3-2-6-24-14)9-19-16(22)12-8-15(21)20-13-7-10(18)4-5-11(12)13/h2-7,12,23H,8-9H2,1H3,(H,19,22)(H,20,21). The van der Waals surface area contributed by atoms with Crippen molar-refractivity contribution in [3.8, 4) is 0 Å². The Labute approximate surface area is 137 Å². The van der Waals surface area contributed by atoms with Gasteiger partial charge in [0, 0.05) is 12.1 Å². The van der Waals surface area contributed by atoms with E-state index in [1.54, 1.807) is 12.1 Å². The Balaban J connectivity index is 1.75. The van der Waals surface area contributed by atoms with E-state index < -0.39 is 23.2 Å². The highest BCUT2D eigenvalue weighted by molar-refractivity contribution is 6.01. The smallest absolute Gasteiger partial charge is 0.228 e. The first-order valence-corrected chi connectivity index (χ1v) is 7.50. The Kier molecular flexibility index (Phi) is 4.11. The van der Waals surface area contributed by atoms with Crippen molar-refractivity contribution in [1.82, 2.24) is 5.32 Å². The summed E-state index contributed by atoms with van der Waals surface area (Å²) in [5.41, 5.74) is -0.530. The SMILES string of the molecule is CC(O)(CNC(=O)C1CC(=O)Nc2cc(F)ccc21)c1ccco1. The van der Waals surface area contributed by atoms with Crippen LogP contribution in [-0.4, -0.2) is 23.5 Å². The monoisotopic (exact) mass is 332 g/mol. The van der Waals surface area contributed by atoms with Crippen molar-refractivity contribution in [2.75, 3.05) is 11.9 Å². The number of fused-ring (bicyclic) bond motifs is 1. The van der Waals surface area contributed by atoms with Gasteiger partial charge < -0.3 is 20.2 Å². The van der Waals surface area contributed by atoms with Gasteiger partial charge in [-0.3, -0.25) is 9.59 Å². The van der Waals surface area contributed by atoms with Crippen LogP contribution in [0.3, 0.4) is 0 Å². The molecular weight excluding hydrogens is 315 g/mol. The van der Waals surface area contributed by atoms with Gasteiger partial charge >= 0.3 is 0 Å². The number of carbonyl (C=O) groups is 2. The molecule has 0 saturated heterocycles. The highest BCUT2D eigenvalue weighted by atomic mass is 19.1. The van der Waals surface area contributed by atoms with Crippen LogP contribution in [0.1, 0.15) is 30.6 Å². The largest absolute Gasteiger partial charge is 0.466 e. The lowest BCUT2D eigenvalue weighted by molar-refractivity contribution is -0.127. The van der Waals surface area contributed by atoms with Crippen LogP contribution in [0.5, 0.6) is 0 Å². The third-order valence-corrected chi connectivity index (χ3v) is 4.03. The van der Waals surface area contributed by atoms with Crippen molar-refractivity contribution in [1.29, 1.82) is 0 Å². The Morgan fingerprint density at radius 2 is 2.29 bits per heavy atom. The zero-order chi connectivity index (χ0) is 17.3. The molecule has 0 radical (unpaired) electrons. The van der Waals surface area contributed by atoms with Gasteiger partial charge in [0.15, 0.2) is 0 Å². The van der Waals surface area contributed by atoms with Gasteiger partial charge in [0.05, 0.1) is 18.7 Å². The first-order valence-electron chi connectivity index (χ1n) is 7.50. The highest BCUT2D eigenvalue weighted by Crippen LogP contribution is 2.33. The van der Waals surface area contributed by atoms with Crippen LogP contribution in [0.25, 0.3) is 0 Å². The van der Waals surface area contributed by atoms with Gasteiger partial charge in [-0.15, -0.1) is 0 Å². The first-order chi connectivity index (χ1) is 11.4. The first kappa shape index (κ1) is 16.2. The van der Waals surface area contributed by atoms with E-state index in [2.05, 4.69) is 10.6 Å². The molecule has 126 valence electrons. The molecule has 1 aromatic heterocycles. The summed E-state index contributed by atoms with van der Waals surface area (Å²) in [5.74, 6) is -1.67. The van der Waals surface area contributed by atoms with Gasteiger partial charge in [0.25, 0.3) is 0 Å². The van der Waals surface area contributed by atoms with Crippen LogP contribution >= 0.6 is 0 Å². The average Bonchev–Trinajstić information content (AvgIpc) is 3.06. The molecule has 1 aromatic carbocycles. The van der Waals surface area contributed by atoms with Crippen molar-refractivity contribution in [3.63, 3.8) is 0 Å². The maximum absolute atomic E-state index is 13.3. The van der Waals surface area contributed by atoms with Gasteiger partial charge in [-0.2, -0.15) is 0 Å². The van der Waals surface area contributed by atoms with E-state index >= 15 is 0 Å². The summed E-state index contributed by atoms with van der Waals surface area (Å²) < 4.78 is 18.5. The second-order valence-electron chi connectivity index (χ2n) is 6.01. The van der Waals surface area contributed by atoms with Gasteiger partial charge in [-0.25, -0.2) is 4.39 Å². The van der Waals surface area contributed by atoms with E-state index in [0.29, 0.717) is 17.0 Å². The molecule has 0 saturated carbocycles. The number of furan rings is 1. The minimum absolute atomic E-state index is 0.0344. The summed E-state index contributed by atoms with van der Waals surface area (Å²) >= 11 is 0. The molecular formula is C17H17FN2O4. The molecule has 1 aliphatic heterocycles. The number of benzene rings is 1. The number of aliphatic hydroxyl groups is 1. The van der Waals surface area contributed by atoms with E-state index in [1.807, 2.05) is 0 Å². The third kappa shape index (κ3) is 3.16. The summed E-state index contributed by atoms with van der Waals surface area (Å²) in [6.45, 7) is 1.44. The van der Waals surface area contributed by atoms with E-state index in [4.69, 9.17) is 4.42 Å². The molecule has 2 aromatic rings. The second-order valence-corrected chi connectivity index (χ2v) is 6.01. The number of hydrogen-bond acceptors (Lipinski definition) is 4. The van der Waals surface area contributed by atoms with Crippen LogP contribution < -0.4 is 10.6 Å². The van der Waals surface area contributed by atoms with E-state index in [0.717, 1.165) is 0 Å². The number of carbonyl (C=O) groups excluding carboxylic acids is 2. The fraction of sp³-hybridized carbons (Fsp3) is 0.294. The zero-order valence-electron chi connectivity index (χ0n) is 13.0. The molecule has 0 fully saturated rings. The predicted molar refractivity (Wildman–Crippen MR) is 83.7 cm³/mol. The lowest BCUT2D eigenvalue weighted by Gasteiger charge is -2.27. The third-order valence-electron chi connectivity index (χ3n) is 4.03. The van der Waals surface area contributed by atoms with Crippen molar-refractivity contribution in [2.45, 2.75) is 24.9 Å². The number of nitrogens with one attached hydrogen (secondary N) is 2. The summed E-state index contributed by atoms with van der Waals surface area (Å²) in [6, 6.07) is 7.17. The maximum Gasteiger partial charge on any atom is 0.228 e. The average molecular weight is 332 g/mol. The lowest BCUT2D eigenvalue weighted by atomic mass is 9.89. The van der Waals surface area contributed by atoms with Crippen LogP contribution in [0.2, 0.25) is 0 Å². The lowest BCUT2D eigenvalue weighted by Crippen LogP contribution is -2.42. The molecule has 2 atom stereocenters. The predicted octanol–water partition coefficient (Wildman–Crippen LogP) is 1.87. The molecule has 2 unspecified atom stereocenters. The van der Waals surface area contributed by atoms with E-state index in [9.17, 15) is 19.1 Å². The van der Waals surface area contributed by atoms with Gasteiger partial charge in [-0.1, -0.05) is 6.07 Å². The Morgan fingerprint density at radius 1 is 1.50 bits per heavy atom. The molecule has 3 N–H and O–H groups in total. The Morgan fingerprint density at radius 3 is 3.00 bits per heavy atom. The minimum atomic E-state index is -1.37. The summed E-state index contributed by atoms with van der Waals surface area (Å²) in [4.78, 5) is 24.2. The normalized spacial score (nSPS) is 19.1. The molecule has 2 heterocycles. The molecule has 6 nitrogen and oxygen atoms in total. The topological polar surface area (TPSA) is 91.6 Å². The summed E-state index contributed by atoms with van der Waals surface area (Å²) in [7, 11) is 0. The number of amides is 2. The molecule has 2 amide bonds. The molecule has 1 aliphatic rings. The summed E-state index contributed by atoms with van der Waals surface area (Å²) in [6.07, 6.45) is 1.40. The van der Waals surface area contributed by atoms with Gasteiger partial charge in [-0.05, 0) is 36.8 Å². The van der Waals surface area contributed by atoms with Crippen molar-refractivity contribution < 1.29 is 23.5 Å². The second kappa shape index (κ2) is 6.09. The van der Waals surface area contributed by atoms with Crippen LogP contribution in [0.15, 0.2) is 41.0 Å². The van der Waals surface area contributed by atoms with Crippen LogP contribution in [-0.2, 0) is 15.2 Å². The summed E-state index contributed by atoms with van der Waals surface area (Å²) in [5, 5.41) is 15.6. The number of rotatable bonds is 4. The molecule has 0 spiro atoms. The van der Waals surface area contributed by atoms with Crippen LogP contribution in [0, 0.1) is 5.82 Å². The molecule has 0 aliphatic carbocycles. The molecule has 0 bridgehead atoms.